The highest BCUT2D eigenvalue weighted by Gasteiger charge is 2.30. The summed E-state index contributed by atoms with van der Waals surface area (Å²) in [7, 11) is -2.29. The molecule has 1 heterocycles. The van der Waals surface area contributed by atoms with Crippen molar-refractivity contribution < 1.29 is 13.2 Å². The number of para-hydroxylation sites is 1. The van der Waals surface area contributed by atoms with E-state index >= 15 is 0 Å². The Morgan fingerprint density at radius 3 is 2.64 bits per heavy atom. The molecule has 1 amide bonds. The lowest BCUT2D eigenvalue weighted by atomic mass is 10.1. The van der Waals surface area contributed by atoms with Crippen LogP contribution in [0.2, 0.25) is 0 Å². The van der Waals surface area contributed by atoms with Gasteiger partial charge in [0, 0.05) is 7.05 Å². The first-order valence-electron chi connectivity index (χ1n) is 3.92. The number of nitrogens with zero attached hydrogens (tertiary/aromatic N) is 1. The van der Waals surface area contributed by atoms with E-state index in [1.165, 1.54) is 7.05 Å². The van der Waals surface area contributed by atoms with Gasteiger partial charge in [-0.2, -0.15) is 8.42 Å². The van der Waals surface area contributed by atoms with Gasteiger partial charge >= 0.3 is 10.2 Å². The second-order valence-corrected chi connectivity index (χ2v) is 4.62. The molecule has 1 aromatic carbocycles. The Bertz CT molecular complexity index is 495. The summed E-state index contributed by atoms with van der Waals surface area (Å²) in [4.78, 5) is 11.3. The van der Waals surface area contributed by atoms with Gasteiger partial charge in [0.1, 0.15) is 0 Å². The molecular weight excluding hydrogens is 204 g/mol. The number of fused-ring (bicyclic) bond motifs is 1. The fourth-order valence-corrected chi connectivity index (χ4v) is 2.21. The summed E-state index contributed by atoms with van der Waals surface area (Å²) in [5.74, 6) is -0.585. The summed E-state index contributed by atoms with van der Waals surface area (Å²) in [6, 6.07) is 6.54. The van der Waals surface area contributed by atoms with Crippen molar-refractivity contribution in [2.45, 2.75) is 0 Å². The quantitative estimate of drug-likeness (QED) is 0.663. The highest BCUT2D eigenvalue weighted by molar-refractivity contribution is 7.91. The minimum Gasteiger partial charge on any atom is -0.268 e. The zero-order valence-corrected chi connectivity index (χ0v) is 8.21. The number of carbonyl (C=O) groups is 1. The molecule has 14 heavy (non-hydrogen) atoms. The summed E-state index contributed by atoms with van der Waals surface area (Å²) < 4.78 is 25.7. The van der Waals surface area contributed by atoms with Crippen LogP contribution in [0, 0.1) is 0 Å². The zero-order chi connectivity index (χ0) is 10.3. The van der Waals surface area contributed by atoms with Crippen molar-refractivity contribution in [1.82, 2.24) is 4.72 Å². The Hall–Kier alpha value is -1.56. The van der Waals surface area contributed by atoms with E-state index in [0.717, 1.165) is 4.31 Å². The van der Waals surface area contributed by atoms with Crippen molar-refractivity contribution in [3.63, 3.8) is 0 Å². The van der Waals surface area contributed by atoms with E-state index in [0.29, 0.717) is 11.3 Å². The van der Waals surface area contributed by atoms with Gasteiger partial charge in [0.15, 0.2) is 0 Å². The number of amides is 1. The molecule has 0 spiro atoms. The molecule has 1 aliphatic heterocycles. The molecule has 2 rings (SSSR count). The van der Waals surface area contributed by atoms with Gasteiger partial charge in [-0.25, -0.2) is 4.72 Å². The van der Waals surface area contributed by atoms with Gasteiger partial charge in [-0.3, -0.25) is 9.10 Å². The van der Waals surface area contributed by atoms with E-state index in [1.807, 2.05) is 4.72 Å². The van der Waals surface area contributed by atoms with Gasteiger partial charge in [-0.1, -0.05) is 12.1 Å². The maximum absolute atomic E-state index is 11.3. The molecule has 5 nitrogen and oxygen atoms in total. The number of rotatable bonds is 0. The third-order valence-electron chi connectivity index (χ3n) is 2.07. The fourth-order valence-electron chi connectivity index (χ4n) is 1.31. The molecule has 0 saturated carbocycles. The molecule has 0 unspecified atom stereocenters. The van der Waals surface area contributed by atoms with Crippen molar-refractivity contribution in [3.05, 3.63) is 29.8 Å². The second-order valence-electron chi connectivity index (χ2n) is 2.92. The van der Waals surface area contributed by atoms with E-state index in [9.17, 15) is 13.2 Å². The highest BCUT2D eigenvalue weighted by atomic mass is 32.2. The Balaban J connectivity index is 2.69. The summed E-state index contributed by atoms with van der Waals surface area (Å²) in [5, 5.41) is 0. The van der Waals surface area contributed by atoms with Crippen LogP contribution < -0.4 is 9.03 Å². The third kappa shape index (κ3) is 1.15. The van der Waals surface area contributed by atoms with Crippen molar-refractivity contribution in [3.8, 4) is 0 Å². The van der Waals surface area contributed by atoms with Crippen LogP contribution in [0.4, 0.5) is 5.69 Å². The lowest BCUT2D eigenvalue weighted by molar-refractivity contribution is 0.0980. The Morgan fingerprint density at radius 1 is 1.29 bits per heavy atom. The van der Waals surface area contributed by atoms with E-state index < -0.39 is 16.1 Å². The maximum Gasteiger partial charge on any atom is 0.326 e. The first kappa shape index (κ1) is 9.01. The van der Waals surface area contributed by atoms with Crippen LogP contribution in [0.15, 0.2) is 24.3 Å². The molecule has 1 N–H and O–H groups in total. The van der Waals surface area contributed by atoms with Gasteiger partial charge in [-0.05, 0) is 12.1 Å². The monoisotopic (exact) mass is 212 g/mol. The van der Waals surface area contributed by atoms with Gasteiger partial charge in [0.05, 0.1) is 11.3 Å². The van der Waals surface area contributed by atoms with Crippen LogP contribution in [0.25, 0.3) is 0 Å². The van der Waals surface area contributed by atoms with Crippen LogP contribution in [-0.2, 0) is 10.2 Å². The summed E-state index contributed by atoms with van der Waals surface area (Å²) >= 11 is 0. The van der Waals surface area contributed by atoms with Crippen LogP contribution in [-0.4, -0.2) is 21.4 Å². The van der Waals surface area contributed by atoms with E-state index in [-0.39, 0.29) is 0 Å². The largest absolute Gasteiger partial charge is 0.326 e. The van der Waals surface area contributed by atoms with E-state index in [1.54, 1.807) is 24.3 Å². The minimum atomic E-state index is -3.69. The second kappa shape index (κ2) is 2.71. The minimum absolute atomic E-state index is 0.366. The molecule has 6 heteroatoms. The fraction of sp³-hybridized carbons (Fsp3) is 0.125. The maximum atomic E-state index is 11.3. The van der Waals surface area contributed by atoms with Crippen LogP contribution in [0.3, 0.4) is 0 Å². The predicted octanol–water partition coefficient (Wildman–Crippen LogP) is 0.111. The standard InChI is InChI=1S/C8H8N2O3S/c1-10-7-5-3-2-4-6(7)8(11)9-14(10,12)13/h2-5H,1H3,(H,9,11). The molecule has 0 bridgehead atoms. The molecule has 1 aromatic rings. The number of anilines is 1. The highest BCUT2D eigenvalue weighted by Crippen LogP contribution is 2.24. The Labute approximate surface area is 81.5 Å². The topological polar surface area (TPSA) is 66.5 Å². The molecule has 1 aliphatic rings. The third-order valence-corrected chi connectivity index (χ3v) is 3.43. The lowest BCUT2D eigenvalue weighted by Crippen LogP contribution is -2.46. The van der Waals surface area contributed by atoms with Gasteiger partial charge in [0.25, 0.3) is 5.91 Å². The van der Waals surface area contributed by atoms with Gasteiger partial charge in [-0.15, -0.1) is 0 Å². The van der Waals surface area contributed by atoms with Crippen molar-refractivity contribution in [1.29, 1.82) is 0 Å². The number of nitrogens with one attached hydrogen (secondary N) is 1. The summed E-state index contributed by atoms with van der Waals surface area (Å²) in [5.41, 5.74) is 0.765. The molecule has 74 valence electrons. The Morgan fingerprint density at radius 2 is 1.93 bits per heavy atom. The molecule has 0 radical (unpaired) electrons. The molecular formula is C8H8N2O3S. The Kier molecular flexibility index (Phi) is 1.75. The molecule has 0 aliphatic carbocycles. The van der Waals surface area contributed by atoms with Gasteiger partial charge < -0.3 is 0 Å². The van der Waals surface area contributed by atoms with E-state index in [2.05, 4.69) is 0 Å². The molecule has 0 aromatic heterocycles. The zero-order valence-electron chi connectivity index (χ0n) is 7.39. The number of benzene rings is 1. The summed E-state index contributed by atoms with van der Waals surface area (Å²) in [6.45, 7) is 0. The molecule has 0 saturated heterocycles. The van der Waals surface area contributed by atoms with Crippen LogP contribution in [0.5, 0.6) is 0 Å². The van der Waals surface area contributed by atoms with Crippen LogP contribution in [0.1, 0.15) is 10.4 Å². The average molecular weight is 212 g/mol. The number of hydrogen-bond acceptors (Lipinski definition) is 3. The smallest absolute Gasteiger partial charge is 0.268 e. The van der Waals surface area contributed by atoms with E-state index in [4.69, 9.17) is 0 Å². The first-order valence-corrected chi connectivity index (χ1v) is 5.36. The van der Waals surface area contributed by atoms with Crippen LogP contribution >= 0.6 is 0 Å². The molecule has 0 fully saturated rings. The number of carbonyl (C=O) groups excluding carboxylic acids is 1. The summed E-state index contributed by atoms with van der Waals surface area (Å²) in [6.07, 6.45) is 0. The molecule has 0 atom stereocenters. The SMILES string of the molecule is CN1c2ccccc2C(=O)NS1(=O)=O. The average Bonchev–Trinajstić information content (AvgIpc) is 2.14. The number of hydrogen-bond donors (Lipinski definition) is 1. The van der Waals surface area contributed by atoms with Crippen molar-refractivity contribution >= 4 is 21.8 Å². The van der Waals surface area contributed by atoms with Crippen molar-refractivity contribution in [2.75, 3.05) is 11.4 Å². The predicted molar refractivity (Wildman–Crippen MR) is 51.2 cm³/mol. The lowest BCUT2D eigenvalue weighted by Gasteiger charge is -2.26. The first-order chi connectivity index (χ1) is 6.52. The van der Waals surface area contributed by atoms with Crippen molar-refractivity contribution in [2.24, 2.45) is 0 Å². The van der Waals surface area contributed by atoms with Gasteiger partial charge in [0.2, 0.25) is 0 Å². The normalized spacial score (nSPS) is 18.6.